The molecule has 0 heterocycles. The van der Waals surface area contributed by atoms with Crippen LogP contribution >= 0.6 is 0 Å². The lowest BCUT2D eigenvalue weighted by Crippen LogP contribution is -2.39. The average molecular weight is 210 g/mol. The molecule has 0 aromatic carbocycles. The third kappa shape index (κ3) is 4.04. The van der Waals surface area contributed by atoms with Gasteiger partial charge in [-0.3, -0.25) is 0 Å². The molecule has 1 atom stereocenters. The van der Waals surface area contributed by atoms with Crippen LogP contribution in [0.4, 0.5) is 0 Å². The molecule has 3 N–H and O–H groups in total. The minimum Gasteiger partial charge on any atom is -0.395 e. The van der Waals surface area contributed by atoms with Gasteiger partial charge in [0.15, 0.2) is 0 Å². The molecule has 0 aliphatic carbocycles. The summed E-state index contributed by atoms with van der Waals surface area (Å²) >= 11 is 0. The Labute approximate surface area is 79.6 Å². The van der Waals surface area contributed by atoms with Gasteiger partial charge in [-0.05, 0) is 19.9 Å². The summed E-state index contributed by atoms with van der Waals surface area (Å²) in [5.74, 6) is 0.0460. The number of hydrogen-bond acceptors (Lipinski definition) is 4. The first-order chi connectivity index (χ1) is 5.95. The van der Waals surface area contributed by atoms with E-state index in [0.29, 0.717) is 13.0 Å². The fraction of sp³-hybridized carbons (Fsp3) is 1.00. The van der Waals surface area contributed by atoms with Crippen LogP contribution in [0.3, 0.4) is 0 Å². The molecular weight excluding hydrogens is 192 g/mol. The van der Waals surface area contributed by atoms with Gasteiger partial charge in [0.25, 0.3) is 0 Å². The predicted molar refractivity (Wildman–Crippen MR) is 51.8 cm³/mol. The van der Waals surface area contributed by atoms with Gasteiger partial charge in [0.2, 0.25) is 10.0 Å². The lowest BCUT2D eigenvalue weighted by molar-refractivity contribution is 0.214. The van der Waals surface area contributed by atoms with Crippen molar-refractivity contribution < 1.29 is 13.5 Å². The van der Waals surface area contributed by atoms with Crippen molar-refractivity contribution in [2.24, 2.45) is 5.73 Å². The standard InChI is InChI=1S/C7H18N2O3S/c1-7(6-10)9(2)13(11,12)5-3-4-8/h7,10H,3-6,8H2,1-2H3. The summed E-state index contributed by atoms with van der Waals surface area (Å²) < 4.78 is 24.1. The second-order valence-electron chi connectivity index (χ2n) is 3.01. The maximum absolute atomic E-state index is 11.4. The van der Waals surface area contributed by atoms with E-state index in [0.717, 1.165) is 0 Å². The highest BCUT2D eigenvalue weighted by Crippen LogP contribution is 2.04. The second kappa shape index (κ2) is 5.54. The Morgan fingerprint density at radius 3 is 2.46 bits per heavy atom. The van der Waals surface area contributed by atoms with Crippen LogP contribution in [0, 0.1) is 0 Å². The third-order valence-corrected chi connectivity index (χ3v) is 3.97. The summed E-state index contributed by atoms with van der Waals surface area (Å²) in [6.45, 7) is 1.85. The van der Waals surface area contributed by atoms with Gasteiger partial charge in [0, 0.05) is 13.1 Å². The fourth-order valence-corrected chi connectivity index (χ4v) is 2.23. The van der Waals surface area contributed by atoms with Gasteiger partial charge in [-0.1, -0.05) is 0 Å². The molecule has 0 saturated carbocycles. The molecule has 0 aliphatic rings. The first kappa shape index (κ1) is 12.8. The van der Waals surface area contributed by atoms with E-state index in [9.17, 15) is 8.42 Å². The van der Waals surface area contributed by atoms with E-state index in [1.165, 1.54) is 11.4 Å². The van der Waals surface area contributed by atoms with E-state index in [1.54, 1.807) is 6.92 Å². The summed E-state index contributed by atoms with van der Waals surface area (Å²) in [6, 6.07) is -0.372. The zero-order valence-electron chi connectivity index (χ0n) is 8.10. The molecule has 6 heteroatoms. The Balaban J connectivity index is 4.28. The minimum atomic E-state index is -3.24. The first-order valence-corrected chi connectivity index (χ1v) is 5.83. The van der Waals surface area contributed by atoms with Gasteiger partial charge in [-0.15, -0.1) is 0 Å². The number of rotatable bonds is 6. The molecule has 0 fully saturated rings. The summed E-state index contributed by atoms with van der Waals surface area (Å²) in [5, 5.41) is 8.76. The van der Waals surface area contributed by atoms with E-state index in [1.807, 2.05) is 0 Å². The minimum absolute atomic E-state index is 0.0460. The highest BCUT2D eigenvalue weighted by molar-refractivity contribution is 7.89. The molecule has 0 amide bonds. The number of hydrogen-bond donors (Lipinski definition) is 2. The van der Waals surface area contributed by atoms with Gasteiger partial charge in [-0.2, -0.15) is 4.31 Å². The molecule has 13 heavy (non-hydrogen) atoms. The summed E-state index contributed by atoms with van der Waals surface area (Å²) in [6.07, 6.45) is 0.449. The van der Waals surface area contributed by atoms with Crippen molar-refractivity contribution in [2.45, 2.75) is 19.4 Å². The van der Waals surface area contributed by atoms with E-state index < -0.39 is 10.0 Å². The third-order valence-electron chi connectivity index (χ3n) is 1.93. The molecule has 0 rings (SSSR count). The molecule has 0 bridgehead atoms. The largest absolute Gasteiger partial charge is 0.395 e. The Morgan fingerprint density at radius 2 is 2.08 bits per heavy atom. The van der Waals surface area contributed by atoms with Gasteiger partial charge in [0.1, 0.15) is 0 Å². The highest BCUT2D eigenvalue weighted by atomic mass is 32.2. The van der Waals surface area contributed by atoms with Crippen molar-refractivity contribution in [1.29, 1.82) is 0 Å². The molecule has 1 unspecified atom stereocenters. The maximum Gasteiger partial charge on any atom is 0.214 e. The van der Waals surface area contributed by atoms with Crippen LogP contribution in [0.1, 0.15) is 13.3 Å². The SMILES string of the molecule is CC(CO)N(C)S(=O)(=O)CCCN. The number of aliphatic hydroxyl groups excluding tert-OH is 1. The number of nitrogens with zero attached hydrogens (tertiary/aromatic N) is 1. The molecule has 0 spiro atoms. The van der Waals surface area contributed by atoms with Crippen molar-refractivity contribution in [3.63, 3.8) is 0 Å². The van der Waals surface area contributed by atoms with Crippen LogP contribution in [0.2, 0.25) is 0 Å². The number of sulfonamides is 1. The number of likely N-dealkylation sites (N-methyl/N-ethyl adjacent to an activating group) is 1. The smallest absolute Gasteiger partial charge is 0.214 e. The Bertz CT molecular complexity index is 228. The molecule has 0 aromatic heterocycles. The quantitative estimate of drug-likeness (QED) is 0.587. The van der Waals surface area contributed by atoms with Gasteiger partial charge in [-0.25, -0.2) is 8.42 Å². The van der Waals surface area contributed by atoms with Gasteiger partial charge >= 0.3 is 0 Å². The van der Waals surface area contributed by atoms with Crippen LogP contribution in [-0.2, 0) is 10.0 Å². The van der Waals surface area contributed by atoms with Gasteiger partial charge < -0.3 is 10.8 Å². The van der Waals surface area contributed by atoms with E-state index in [2.05, 4.69) is 0 Å². The topological polar surface area (TPSA) is 83.6 Å². The molecule has 80 valence electrons. The zero-order valence-corrected chi connectivity index (χ0v) is 8.92. The van der Waals surface area contributed by atoms with E-state index in [4.69, 9.17) is 10.8 Å². The Morgan fingerprint density at radius 1 is 1.54 bits per heavy atom. The second-order valence-corrected chi connectivity index (χ2v) is 5.15. The van der Waals surface area contributed by atoms with Crippen molar-refractivity contribution >= 4 is 10.0 Å². The molecule has 0 radical (unpaired) electrons. The summed E-state index contributed by atoms with van der Waals surface area (Å²) in [7, 11) is -1.78. The highest BCUT2D eigenvalue weighted by Gasteiger charge is 2.21. The van der Waals surface area contributed by atoms with Crippen molar-refractivity contribution in [2.75, 3.05) is 26.0 Å². The predicted octanol–water partition coefficient (Wildman–Crippen LogP) is -1.02. The summed E-state index contributed by atoms with van der Waals surface area (Å²) in [5.41, 5.74) is 5.21. The fourth-order valence-electron chi connectivity index (χ4n) is 0.799. The van der Waals surface area contributed by atoms with Gasteiger partial charge in [0.05, 0.1) is 12.4 Å². The monoisotopic (exact) mass is 210 g/mol. The lowest BCUT2D eigenvalue weighted by Gasteiger charge is -2.22. The Kier molecular flexibility index (Phi) is 5.46. The van der Waals surface area contributed by atoms with Crippen molar-refractivity contribution in [3.8, 4) is 0 Å². The molecule has 0 saturated heterocycles. The molecule has 5 nitrogen and oxygen atoms in total. The normalized spacial score (nSPS) is 14.8. The van der Waals surface area contributed by atoms with Crippen LogP contribution in [0.25, 0.3) is 0 Å². The van der Waals surface area contributed by atoms with E-state index >= 15 is 0 Å². The van der Waals surface area contributed by atoms with Crippen LogP contribution in [0.15, 0.2) is 0 Å². The lowest BCUT2D eigenvalue weighted by atomic mass is 10.4. The molecule has 0 aliphatic heterocycles. The van der Waals surface area contributed by atoms with Crippen molar-refractivity contribution in [3.05, 3.63) is 0 Å². The average Bonchev–Trinajstić information content (AvgIpc) is 2.12. The first-order valence-electron chi connectivity index (χ1n) is 4.22. The van der Waals surface area contributed by atoms with Crippen molar-refractivity contribution in [1.82, 2.24) is 4.31 Å². The van der Waals surface area contributed by atoms with Crippen LogP contribution < -0.4 is 5.73 Å². The molecular formula is C7H18N2O3S. The number of aliphatic hydroxyl groups is 1. The maximum atomic E-state index is 11.4. The summed E-state index contributed by atoms with van der Waals surface area (Å²) in [4.78, 5) is 0. The Hall–Kier alpha value is -0.170. The number of nitrogens with two attached hydrogens (primary N) is 1. The molecule has 0 aromatic rings. The van der Waals surface area contributed by atoms with Crippen LogP contribution in [0.5, 0.6) is 0 Å². The van der Waals surface area contributed by atoms with E-state index in [-0.39, 0.29) is 18.4 Å². The van der Waals surface area contributed by atoms with Crippen LogP contribution in [-0.4, -0.2) is 49.8 Å². The zero-order chi connectivity index (χ0) is 10.5.